The highest BCUT2D eigenvalue weighted by Gasteiger charge is 2.14. The van der Waals surface area contributed by atoms with Crippen LogP contribution in [0, 0.1) is 6.92 Å². The van der Waals surface area contributed by atoms with Crippen LogP contribution in [-0.4, -0.2) is 15.5 Å². The fraction of sp³-hybridized carbons (Fsp3) is 0.308. The molecule has 2 rings (SSSR count). The standard InChI is InChI=1S/C13H17N3S/c1-3-17-13-12(9-14)10(2)15-16(13)11-7-5-4-6-8-11/h4-8H,3,9,14H2,1-2H3. The van der Waals surface area contributed by atoms with Crippen LogP contribution in [0.1, 0.15) is 18.2 Å². The Morgan fingerprint density at radius 1 is 1.29 bits per heavy atom. The lowest BCUT2D eigenvalue weighted by atomic mass is 10.3. The lowest BCUT2D eigenvalue weighted by Crippen LogP contribution is -2.01. The average Bonchev–Trinajstić information content (AvgIpc) is 2.67. The molecule has 0 saturated carbocycles. The van der Waals surface area contributed by atoms with E-state index in [-0.39, 0.29) is 0 Å². The summed E-state index contributed by atoms with van der Waals surface area (Å²) >= 11 is 1.79. The van der Waals surface area contributed by atoms with E-state index in [0.29, 0.717) is 6.54 Å². The van der Waals surface area contributed by atoms with Gasteiger partial charge in [-0.3, -0.25) is 0 Å². The van der Waals surface area contributed by atoms with Gasteiger partial charge in [0, 0.05) is 12.1 Å². The van der Waals surface area contributed by atoms with Crippen molar-refractivity contribution in [2.24, 2.45) is 5.73 Å². The van der Waals surface area contributed by atoms with Gasteiger partial charge in [-0.25, -0.2) is 4.68 Å². The Balaban J connectivity index is 2.54. The highest BCUT2D eigenvalue weighted by molar-refractivity contribution is 7.99. The van der Waals surface area contributed by atoms with Crippen molar-refractivity contribution >= 4 is 11.8 Å². The second-order valence-electron chi connectivity index (χ2n) is 3.75. The molecule has 0 unspecified atom stereocenters. The molecule has 4 heteroatoms. The molecule has 0 aliphatic heterocycles. The van der Waals surface area contributed by atoms with Crippen molar-refractivity contribution in [3.8, 4) is 5.69 Å². The molecular formula is C13H17N3S. The van der Waals surface area contributed by atoms with Crippen LogP contribution in [0.5, 0.6) is 0 Å². The van der Waals surface area contributed by atoms with E-state index in [1.165, 1.54) is 5.03 Å². The van der Waals surface area contributed by atoms with Crippen molar-refractivity contribution in [3.05, 3.63) is 41.6 Å². The first-order valence-electron chi connectivity index (χ1n) is 5.74. The minimum Gasteiger partial charge on any atom is -0.326 e. The van der Waals surface area contributed by atoms with Gasteiger partial charge in [0.2, 0.25) is 0 Å². The third-order valence-corrected chi connectivity index (χ3v) is 3.60. The zero-order chi connectivity index (χ0) is 12.3. The van der Waals surface area contributed by atoms with Gasteiger partial charge in [-0.2, -0.15) is 5.10 Å². The van der Waals surface area contributed by atoms with Crippen LogP contribution in [-0.2, 0) is 6.54 Å². The lowest BCUT2D eigenvalue weighted by molar-refractivity contribution is 0.788. The molecular weight excluding hydrogens is 230 g/mol. The summed E-state index contributed by atoms with van der Waals surface area (Å²) in [5.74, 6) is 1.02. The van der Waals surface area contributed by atoms with Gasteiger partial charge in [-0.1, -0.05) is 25.1 Å². The van der Waals surface area contributed by atoms with Gasteiger partial charge >= 0.3 is 0 Å². The van der Waals surface area contributed by atoms with E-state index in [1.807, 2.05) is 29.8 Å². The highest BCUT2D eigenvalue weighted by Crippen LogP contribution is 2.27. The molecule has 1 aromatic carbocycles. The Labute approximate surface area is 106 Å². The van der Waals surface area contributed by atoms with Crippen LogP contribution in [0.4, 0.5) is 0 Å². The van der Waals surface area contributed by atoms with Gasteiger partial charge in [0.25, 0.3) is 0 Å². The SMILES string of the molecule is CCSc1c(CN)c(C)nn1-c1ccccc1. The van der Waals surface area contributed by atoms with Gasteiger partial charge in [-0.05, 0) is 24.8 Å². The topological polar surface area (TPSA) is 43.8 Å². The molecule has 0 amide bonds. The van der Waals surface area contributed by atoms with Crippen LogP contribution in [0.25, 0.3) is 5.69 Å². The maximum atomic E-state index is 5.81. The first-order chi connectivity index (χ1) is 8.27. The molecule has 0 spiro atoms. The molecule has 0 aliphatic carbocycles. The molecule has 2 N–H and O–H groups in total. The molecule has 0 radical (unpaired) electrons. The summed E-state index contributed by atoms with van der Waals surface area (Å²) in [4.78, 5) is 0. The van der Waals surface area contributed by atoms with Gasteiger partial charge in [-0.15, -0.1) is 11.8 Å². The van der Waals surface area contributed by atoms with Crippen molar-refractivity contribution in [2.75, 3.05) is 5.75 Å². The maximum Gasteiger partial charge on any atom is 0.105 e. The van der Waals surface area contributed by atoms with Crippen molar-refractivity contribution in [1.29, 1.82) is 0 Å². The van der Waals surface area contributed by atoms with Gasteiger partial charge in [0.05, 0.1) is 11.4 Å². The van der Waals surface area contributed by atoms with Crippen LogP contribution in [0.2, 0.25) is 0 Å². The molecule has 0 saturated heterocycles. The third-order valence-electron chi connectivity index (χ3n) is 2.62. The van der Waals surface area contributed by atoms with Gasteiger partial charge < -0.3 is 5.73 Å². The first kappa shape index (κ1) is 12.2. The summed E-state index contributed by atoms with van der Waals surface area (Å²) in [6.07, 6.45) is 0. The van der Waals surface area contributed by atoms with Gasteiger partial charge in [0.1, 0.15) is 5.03 Å². The Hall–Kier alpha value is -1.26. The molecule has 17 heavy (non-hydrogen) atoms. The minimum atomic E-state index is 0.543. The number of rotatable bonds is 4. The van der Waals surface area contributed by atoms with E-state index in [9.17, 15) is 0 Å². The predicted octanol–water partition coefficient (Wildman–Crippen LogP) is 2.75. The van der Waals surface area contributed by atoms with Crippen molar-refractivity contribution < 1.29 is 0 Å². The largest absolute Gasteiger partial charge is 0.326 e. The van der Waals surface area contributed by atoms with E-state index in [4.69, 9.17) is 5.73 Å². The number of nitrogens with two attached hydrogens (primary N) is 1. The molecule has 0 bridgehead atoms. The number of hydrogen-bond acceptors (Lipinski definition) is 3. The zero-order valence-electron chi connectivity index (χ0n) is 10.2. The quantitative estimate of drug-likeness (QED) is 0.845. The zero-order valence-corrected chi connectivity index (χ0v) is 11.0. The van der Waals surface area contributed by atoms with E-state index in [1.54, 1.807) is 11.8 Å². The van der Waals surface area contributed by atoms with Crippen molar-refractivity contribution in [1.82, 2.24) is 9.78 Å². The monoisotopic (exact) mass is 247 g/mol. The van der Waals surface area contributed by atoms with Crippen LogP contribution in [0.3, 0.4) is 0 Å². The first-order valence-corrected chi connectivity index (χ1v) is 6.73. The van der Waals surface area contributed by atoms with E-state index < -0.39 is 0 Å². The molecule has 0 fully saturated rings. The normalized spacial score (nSPS) is 10.8. The maximum absolute atomic E-state index is 5.81. The second-order valence-corrected chi connectivity index (χ2v) is 5.01. The molecule has 3 nitrogen and oxygen atoms in total. The second kappa shape index (κ2) is 5.38. The van der Waals surface area contributed by atoms with E-state index >= 15 is 0 Å². The lowest BCUT2D eigenvalue weighted by Gasteiger charge is -2.07. The number of aromatic nitrogens is 2. The summed E-state index contributed by atoms with van der Waals surface area (Å²) in [5.41, 5.74) is 9.07. The Morgan fingerprint density at radius 2 is 2.00 bits per heavy atom. The molecule has 2 aromatic rings. The fourth-order valence-corrected chi connectivity index (χ4v) is 2.75. The molecule has 1 aromatic heterocycles. The van der Waals surface area contributed by atoms with E-state index in [2.05, 4.69) is 24.2 Å². The average molecular weight is 247 g/mol. The van der Waals surface area contributed by atoms with Crippen LogP contribution in [0.15, 0.2) is 35.4 Å². The summed E-state index contributed by atoms with van der Waals surface area (Å²) in [6.45, 7) is 4.70. The number of hydrogen-bond donors (Lipinski definition) is 1. The summed E-state index contributed by atoms with van der Waals surface area (Å²) in [6, 6.07) is 10.2. The number of para-hydroxylation sites is 1. The van der Waals surface area contributed by atoms with Crippen LogP contribution >= 0.6 is 11.8 Å². The number of aryl methyl sites for hydroxylation is 1. The highest BCUT2D eigenvalue weighted by atomic mass is 32.2. The Kier molecular flexibility index (Phi) is 3.86. The minimum absolute atomic E-state index is 0.543. The molecule has 1 heterocycles. The molecule has 0 atom stereocenters. The smallest absolute Gasteiger partial charge is 0.105 e. The van der Waals surface area contributed by atoms with Gasteiger partial charge in [0.15, 0.2) is 0 Å². The van der Waals surface area contributed by atoms with Crippen LogP contribution < -0.4 is 5.73 Å². The number of nitrogens with zero attached hydrogens (tertiary/aromatic N) is 2. The molecule has 90 valence electrons. The molecule has 0 aliphatic rings. The van der Waals surface area contributed by atoms with Crippen molar-refractivity contribution in [2.45, 2.75) is 25.4 Å². The number of thioether (sulfide) groups is 1. The van der Waals surface area contributed by atoms with Crippen molar-refractivity contribution in [3.63, 3.8) is 0 Å². The van der Waals surface area contributed by atoms with E-state index in [0.717, 1.165) is 22.7 Å². The third kappa shape index (κ3) is 2.37. The number of benzene rings is 1. The Morgan fingerprint density at radius 3 is 2.59 bits per heavy atom. The summed E-state index contributed by atoms with van der Waals surface area (Å²) < 4.78 is 1.99. The summed E-state index contributed by atoms with van der Waals surface area (Å²) in [5, 5.41) is 5.75. The fourth-order valence-electron chi connectivity index (χ4n) is 1.80. The predicted molar refractivity (Wildman–Crippen MR) is 72.6 cm³/mol. The Bertz CT molecular complexity index is 491. The summed E-state index contributed by atoms with van der Waals surface area (Å²) in [7, 11) is 0.